The third-order valence-electron chi connectivity index (χ3n) is 2.99. The molecule has 1 rings (SSSR count). The van der Waals surface area contributed by atoms with E-state index in [1.807, 2.05) is 0 Å². The number of alkyl halides is 3. The van der Waals surface area contributed by atoms with Gasteiger partial charge in [0.1, 0.15) is 22.6 Å². The number of sulfone groups is 1. The van der Waals surface area contributed by atoms with Gasteiger partial charge in [-0.25, -0.2) is 8.42 Å². The van der Waals surface area contributed by atoms with Crippen molar-refractivity contribution in [3.05, 3.63) is 21.7 Å². The van der Waals surface area contributed by atoms with Gasteiger partial charge in [0.2, 0.25) is 0 Å². The molecule has 1 aliphatic rings. The predicted molar refractivity (Wildman–Crippen MR) is 67.5 cm³/mol. The summed E-state index contributed by atoms with van der Waals surface area (Å²) in [5.74, 6) is 0. The molecule has 9 heteroatoms. The Kier molecular flexibility index (Phi) is 4.13. The third kappa shape index (κ3) is 3.03. The molecule has 114 valence electrons. The summed E-state index contributed by atoms with van der Waals surface area (Å²) in [6, 6.07) is 2.86. The van der Waals surface area contributed by atoms with E-state index in [9.17, 15) is 21.6 Å². The van der Waals surface area contributed by atoms with Crippen LogP contribution in [0.3, 0.4) is 0 Å². The van der Waals surface area contributed by atoms with Crippen molar-refractivity contribution in [1.29, 1.82) is 10.5 Å². The van der Waals surface area contributed by atoms with Crippen LogP contribution < -0.4 is 5.73 Å². The quantitative estimate of drug-likeness (QED) is 0.746. The van der Waals surface area contributed by atoms with E-state index in [0.29, 0.717) is 0 Å². The van der Waals surface area contributed by atoms with Crippen molar-refractivity contribution in [2.45, 2.75) is 32.2 Å². The minimum atomic E-state index is -5.72. The number of halogens is 3. The van der Waals surface area contributed by atoms with Crippen LogP contribution in [0.5, 0.6) is 0 Å². The predicted octanol–water partition coefficient (Wildman–Crippen LogP) is 2.26. The molecule has 5 nitrogen and oxygen atoms in total. The summed E-state index contributed by atoms with van der Waals surface area (Å²) in [6.45, 7) is 3.31. The van der Waals surface area contributed by atoms with Crippen molar-refractivity contribution in [2.24, 2.45) is 11.1 Å². The Morgan fingerprint density at radius 3 is 2.10 bits per heavy atom. The van der Waals surface area contributed by atoms with Crippen LogP contribution in [-0.4, -0.2) is 13.9 Å². The summed E-state index contributed by atoms with van der Waals surface area (Å²) in [6.07, 6.45) is -0.236. The van der Waals surface area contributed by atoms with Gasteiger partial charge in [0.25, 0.3) is 9.84 Å². The van der Waals surface area contributed by atoms with E-state index in [0.717, 1.165) is 0 Å². The van der Waals surface area contributed by atoms with Crippen molar-refractivity contribution in [1.82, 2.24) is 0 Å². The molecule has 0 aromatic rings. The minimum absolute atomic E-state index is 0.0781. The van der Waals surface area contributed by atoms with Crippen molar-refractivity contribution in [3.63, 3.8) is 0 Å². The molecule has 21 heavy (non-hydrogen) atoms. The summed E-state index contributed by atoms with van der Waals surface area (Å²) >= 11 is 0. The van der Waals surface area contributed by atoms with Crippen molar-refractivity contribution in [2.75, 3.05) is 0 Å². The second kappa shape index (κ2) is 5.08. The topological polar surface area (TPSA) is 108 Å². The number of nitrogens with zero attached hydrogens (tertiary/aromatic N) is 2. The highest BCUT2D eigenvalue weighted by Crippen LogP contribution is 2.46. The maximum atomic E-state index is 12.8. The van der Waals surface area contributed by atoms with Crippen LogP contribution in [-0.2, 0) is 9.84 Å². The van der Waals surface area contributed by atoms with Crippen LogP contribution in [0.4, 0.5) is 13.2 Å². The first-order valence-electron chi connectivity index (χ1n) is 5.71. The molecule has 0 radical (unpaired) electrons. The van der Waals surface area contributed by atoms with Crippen molar-refractivity contribution < 1.29 is 21.6 Å². The zero-order valence-corrected chi connectivity index (χ0v) is 12.1. The Bertz CT molecular complexity index is 700. The van der Waals surface area contributed by atoms with Gasteiger partial charge in [-0.15, -0.1) is 0 Å². The fourth-order valence-electron chi connectivity index (χ4n) is 2.22. The average Bonchev–Trinajstić information content (AvgIpc) is 2.26. The first-order valence-corrected chi connectivity index (χ1v) is 7.19. The summed E-state index contributed by atoms with van der Waals surface area (Å²) in [4.78, 5) is -1.15. The van der Waals surface area contributed by atoms with Crippen LogP contribution in [0.15, 0.2) is 21.7 Å². The molecule has 0 spiro atoms. The largest absolute Gasteiger partial charge is 0.501 e. The molecule has 0 aliphatic heterocycles. The lowest BCUT2D eigenvalue weighted by molar-refractivity contribution is -0.0427. The van der Waals surface area contributed by atoms with Gasteiger partial charge in [-0.1, -0.05) is 13.8 Å². The van der Waals surface area contributed by atoms with E-state index in [-0.39, 0.29) is 12.8 Å². The number of nitrogens with two attached hydrogens (primary N) is 1. The van der Waals surface area contributed by atoms with Crippen molar-refractivity contribution >= 4 is 9.84 Å². The fourth-order valence-corrected chi connectivity index (χ4v) is 3.37. The maximum Gasteiger partial charge on any atom is 0.501 e. The number of hydrogen-bond acceptors (Lipinski definition) is 5. The van der Waals surface area contributed by atoms with E-state index in [1.54, 1.807) is 13.8 Å². The van der Waals surface area contributed by atoms with Crippen LogP contribution in [0.25, 0.3) is 0 Å². The summed E-state index contributed by atoms with van der Waals surface area (Å²) in [7, 11) is -5.72. The first-order chi connectivity index (χ1) is 9.37. The summed E-state index contributed by atoms with van der Waals surface area (Å²) in [5, 5.41) is 17.7. The fraction of sp³-hybridized carbons (Fsp3) is 0.500. The third-order valence-corrected chi connectivity index (χ3v) is 4.64. The van der Waals surface area contributed by atoms with E-state index in [4.69, 9.17) is 16.3 Å². The molecule has 0 saturated carbocycles. The lowest BCUT2D eigenvalue weighted by Gasteiger charge is -2.33. The monoisotopic (exact) mass is 319 g/mol. The molecule has 0 bridgehead atoms. The van der Waals surface area contributed by atoms with E-state index < -0.39 is 42.5 Å². The van der Waals surface area contributed by atoms with Gasteiger partial charge in [0.15, 0.2) is 0 Å². The molecule has 1 aliphatic carbocycles. The zero-order chi connectivity index (χ0) is 16.6. The molecular formula is C12H12F3N3O2S. The van der Waals surface area contributed by atoms with Gasteiger partial charge in [0, 0.05) is 11.3 Å². The molecule has 0 amide bonds. The smallest absolute Gasteiger partial charge is 0.401 e. The summed E-state index contributed by atoms with van der Waals surface area (Å²) in [5.41, 5.74) is -2.30. The first kappa shape index (κ1) is 17.1. The molecular weight excluding hydrogens is 307 g/mol. The van der Waals surface area contributed by atoms with E-state index in [2.05, 4.69) is 0 Å². The Labute approximate surface area is 120 Å². The Balaban J connectivity index is 3.80. The second-order valence-corrected chi connectivity index (χ2v) is 7.28. The molecule has 0 fully saturated rings. The molecule has 0 aromatic carbocycles. The van der Waals surface area contributed by atoms with Crippen LogP contribution in [0.1, 0.15) is 26.7 Å². The molecule has 0 atom stereocenters. The Morgan fingerprint density at radius 1 is 1.24 bits per heavy atom. The van der Waals surface area contributed by atoms with Crippen LogP contribution in [0.2, 0.25) is 0 Å². The van der Waals surface area contributed by atoms with Crippen LogP contribution in [0, 0.1) is 28.1 Å². The van der Waals surface area contributed by atoms with Gasteiger partial charge in [-0.05, 0) is 18.3 Å². The lowest BCUT2D eigenvalue weighted by Crippen LogP contribution is -2.33. The maximum absolute atomic E-state index is 12.8. The Morgan fingerprint density at radius 2 is 1.71 bits per heavy atom. The Hall–Kier alpha value is -2.00. The summed E-state index contributed by atoms with van der Waals surface area (Å²) < 4.78 is 61.6. The SMILES string of the molecule is CC1(C)CC(N)=C(S(=O)(=O)C(F)(F)F)C(=C(C#N)C#N)C1. The van der Waals surface area contributed by atoms with E-state index >= 15 is 0 Å². The molecule has 0 saturated heterocycles. The minimum Gasteiger partial charge on any atom is -0.401 e. The van der Waals surface area contributed by atoms with Crippen molar-refractivity contribution in [3.8, 4) is 12.1 Å². The van der Waals surface area contributed by atoms with E-state index in [1.165, 1.54) is 12.1 Å². The van der Waals surface area contributed by atoms with Gasteiger partial charge in [0.05, 0.1) is 0 Å². The molecule has 0 heterocycles. The van der Waals surface area contributed by atoms with Gasteiger partial charge >= 0.3 is 5.51 Å². The normalized spacial score (nSPS) is 18.9. The highest BCUT2D eigenvalue weighted by Gasteiger charge is 2.52. The average molecular weight is 319 g/mol. The molecule has 2 N–H and O–H groups in total. The number of rotatable bonds is 1. The van der Waals surface area contributed by atoms with Gasteiger partial charge < -0.3 is 5.73 Å². The highest BCUT2D eigenvalue weighted by atomic mass is 32.2. The van der Waals surface area contributed by atoms with Gasteiger partial charge in [-0.2, -0.15) is 23.7 Å². The number of nitriles is 2. The number of allylic oxidation sites excluding steroid dienone is 3. The molecule has 0 unspecified atom stereocenters. The zero-order valence-electron chi connectivity index (χ0n) is 11.2. The second-order valence-electron chi connectivity index (χ2n) is 5.40. The number of hydrogen-bond donors (Lipinski definition) is 1. The lowest BCUT2D eigenvalue weighted by atomic mass is 9.76. The van der Waals surface area contributed by atoms with Crippen LogP contribution >= 0.6 is 0 Å². The standard InChI is InChI=1S/C12H12F3N3O2S/c1-11(2)3-8(7(5-16)6-17)10(9(18)4-11)21(19,20)12(13,14)15/h3-4,18H2,1-2H3. The van der Waals surface area contributed by atoms with Gasteiger partial charge in [-0.3, -0.25) is 0 Å². The highest BCUT2D eigenvalue weighted by molar-refractivity contribution is 7.96. The molecule has 0 aromatic heterocycles.